The third-order valence-corrected chi connectivity index (χ3v) is 4.75. The Morgan fingerprint density at radius 2 is 2.11 bits per heavy atom. The van der Waals surface area contributed by atoms with Gasteiger partial charge < -0.3 is 14.5 Å². The number of carbonyl (C=O) groups excluding carboxylic acids is 1. The van der Waals surface area contributed by atoms with Crippen LogP contribution in [0.2, 0.25) is 5.02 Å². The van der Waals surface area contributed by atoms with Gasteiger partial charge in [-0.15, -0.1) is 0 Å². The molecule has 0 bridgehead atoms. The van der Waals surface area contributed by atoms with E-state index < -0.39 is 10.8 Å². The number of anilines is 1. The number of ether oxygens (including phenoxy) is 1. The molecule has 0 unspecified atom stereocenters. The number of carbonyl (C=O) groups is 1. The lowest BCUT2D eigenvalue weighted by atomic mass is 10.1. The summed E-state index contributed by atoms with van der Waals surface area (Å²) in [5, 5.41) is 11.5. The van der Waals surface area contributed by atoms with E-state index in [1.807, 2.05) is 24.3 Å². The molecule has 2 aromatic rings. The molecule has 1 atom stereocenters. The predicted molar refractivity (Wildman–Crippen MR) is 104 cm³/mol. The highest BCUT2D eigenvalue weighted by molar-refractivity contribution is 6.31. The van der Waals surface area contributed by atoms with Crippen LogP contribution in [0.5, 0.6) is 5.75 Å². The van der Waals surface area contributed by atoms with Crippen molar-refractivity contribution in [1.29, 1.82) is 0 Å². The summed E-state index contributed by atoms with van der Waals surface area (Å²) >= 11 is 5.93. The van der Waals surface area contributed by atoms with Crippen LogP contribution in [-0.4, -0.2) is 48.5 Å². The molecule has 0 saturated carbocycles. The molecule has 142 valence electrons. The van der Waals surface area contributed by atoms with Crippen LogP contribution < -0.4 is 9.64 Å². The minimum absolute atomic E-state index is 0.0291. The quantitative estimate of drug-likeness (QED) is 0.576. The van der Waals surface area contributed by atoms with Crippen molar-refractivity contribution in [1.82, 2.24) is 4.90 Å². The fraction of sp³-hybridized carbons (Fsp3) is 0.316. The summed E-state index contributed by atoms with van der Waals surface area (Å²) in [6.45, 7) is 3.80. The monoisotopic (exact) mass is 389 g/mol. The van der Waals surface area contributed by atoms with Gasteiger partial charge in [0.05, 0.1) is 23.7 Å². The number of benzene rings is 2. The number of nitro groups is 1. The lowest BCUT2D eigenvalue weighted by Crippen LogP contribution is -2.46. The van der Waals surface area contributed by atoms with Gasteiger partial charge in [0.15, 0.2) is 0 Å². The van der Waals surface area contributed by atoms with Gasteiger partial charge in [-0.3, -0.25) is 14.9 Å². The Labute approximate surface area is 162 Å². The molecule has 0 saturated heterocycles. The Bertz CT molecular complexity index is 874. The van der Waals surface area contributed by atoms with E-state index in [9.17, 15) is 14.9 Å². The van der Waals surface area contributed by atoms with Gasteiger partial charge >= 0.3 is 0 Å². The minimum Gasteiger partial charge on any atom is -0.485 e. The van der Waals surface area contributed by atoms with Crippen LogP contribution in [0.4, 0.5) is 11.4 Å². The summed E-state index contributed by atoms with van der Waals surface area (Å²) in [7, 11) is 1.60. The van der Waals surface area contributed by atoms with E-state index in [1.165, 1.54) is 23.1 Å². The minimum atomic E-state index is -0.580. The van der Waals surface area contributed by atoms with Crippen molar-refractivity contribution in [3.8, 4) is 5.75 Å². The van der Waals surface area contributed by atoms with Gasteiger partial charge in [0.1, 0.15) is 17.4 Å². The molecular weight excluding hydrogens is 370 g/mol. The number of para-hydroxylation sites is 2. The Hall–Kier alpha value is -2.80. The number of hydrogen-bond acceptors (Lipinski definition) is 5. The van der Waals surface area contributed by atoms with E-state index in [4.69, 9.17) is 16.3 Å². The molecule has 0 N–H and O–H groups in total. The second-order valence-corrected chi connectivity index (χ2v) is 6.79. The number of rotatable bonds is 5. The molecule has 1 heterocycles. The maximum Gasteiger partial charge on any atom is 0.282 e. The van der Waals surface area contributed by atoms with Crippen molar-refractivity contribution in [3.63, 3.8) is 0 Å². The first-order chi connectivity index (χ1) is 12.9. The highest BCUT2D eigenvalue weighted by Gasteiger charge is 2.29. The largest absolute Gasteiger partial charge is 0.485 e. The summed E-state index contributed by atoms with van der Waals surface area (Å²) in [6.07, 6.45) is -0.243. The molecule has 0 spiro atoms. The van der Waals surface area contributed by atoms with Gasteiger partial charge in [0.25, 0.3) is 11.6 Å². The number of likely N-dealkylation sites (N-methyl/N-ethyl adjacent to an activating group) is 2. The van der Waals surface area contributed by atoms with E-state index in [2.05, 4.69) is 11.8 Å². The van der Waals surface area contributed by atoms with E-state index in [0.29, 0.717) is 13.1 Å². The van der Waals surface area contributed by atoms with E-state index in [1.54, 1.807) is 7.05 Å². The first-order valence-corrected chi connectivity index (χ1v) is 8.98. The molecule has 3 rings (SSSR count). The fourth-order valence-corrected chi connectivity index (χ4v) is 3.38. The molecule has 0 aromatic heterocycles. The van der Waals surface area contributed by atoms with Gasteiger partial charge in [-0.2, -0.15) is 0 Å². The van der Waals surface area contributed by atoms with Crippen molar-refractivity contribution < 1.29 is 14.5 Å². The van der Waals surface area contributed by atoms with Crippen molar-refractivity contribution in [2.45, 2.75) is 13.0 Å². The van der Waals surface area contributed by atoms with Crippen LogP contribution in [-0.2, 0) is 0 Å². The first kappa shape index (κ1) is 19.0. The molecule has 1 amide bonds. The number of nitrogens with zero attached hydrogens (tertiary/aromatic N) is 3. The maximum atomic E-state index is 12.8. The van der Waals surface area contributed by atoms with Crippen LogP contribution in [0, 0.1) is 10.1 Å². The zero-order valence-electron chi connectivity index (χ0n) is 15.1. The number of amides is 1. The normalized spacial score (nSPS) is 15.7. The van der Waals surface area contributed by atoms with E-state index >= 15 is 0 Å². The van der Waals surface area contributed by atoms with Crippen LogP contribution in [0.3, 0.4) is 0 Å². The zero-order chi connectivity index (χ0) is 19.6. The van der Waals surface area contributed by atoms with Gasteiger partial charge in [0, 0.05) is 24.7 Å². The standard InChI is InChI=1S/C19H20ClN3O4/c1-3-22-12-14(27-18-7-5-4-6-17(18)22)11-21(2)19(24)15-10-13(20)8-9-16(15)23(25)26/h4-10,14H,3,11-12H2,1-2H3/t14-/m1/s1. The highest BCUT2D eigenvalue weighted by atomic mass is 35.5. The van der Waals surface area contributed by atoms with Gasteiger partial charge in [-0.1, -0.05) is 23.7 Å². The Morgan fingerprint density at radius 1 is 1.37 bits per heavy atom. The van der Waals surface area contributed by atoms with Gasteiger partial charge in [-0.05, 0) is 31.2 Å². The van der Waals surface area contributed by atoms with Crippen LogP contribution in [0.25, 0.3) is 0 Å². The molecule has 0 fully saturated rings. The average Bonchev–Trinajstić information content (AvgIpc) is 2.66. The molecule has 2 aromatic carbocycles. The summed E-state index contributed by atoms with van der Waals surface area (Å²) in [4.78, 5) is 27.1. The Morgan fingerprint density at radius 3 is 2.81 bits per heavy atom. The van der Waals surface area contributed by atoms with Crippen LogP contribution in [0.1, 0.15) is 17.3 Å². The molecule has 8 heteroatoms. The molecule has 1 aliphatic heterocycles. The average molecular weight is 390 g/mol. The van der Waals surface area contributed by atoms with Crippen molar-refractivity contribution in [2.24, 2.45) is 0 Å². The Kier molecular flexibility index (Phi) is 5.51. The van der Waals surface area contributed by atoms with Gasteiger partial charge in [0.2, 0.25) is 0 Å². The molecule has 0 aliphatic carbocycles. The highest BCUT2D eigenvalue weighted by Crippen LogP contribution is 2.33. The number of nitro benzene ring substituents is 1. The number of fused-ring (bicyclic) bond motifs is 1. The second-order valence-electron chi connectivity index (χ2n) is 6.35. The molecule has 0 radical (unpaired) electrons. The summed E-state index contributed by atoms with van der Waals surface area (Å²) in [5.74, 6) is 0.305. The third kappa shape index (κ3) is 3.98. The first-order valence-electron chi connectivity index (χ1n) is 8.60. The van der Waals surface area contributed by atoms with Crippen LogP contribution in [0.15, 0.2) is 42.5 Å². The zero-order valence-corrected chi connectivity index (χ0v) is 15.8. The lowest BCUT2D eigenvalue weighted by Gasteiger charge is -2.37. The third-order valence-electron chi connectivity index (χ3n) is 4.52. The molecule has 7 nitrogen and oxygen atoms in total. The molecular formula is C19H20ClN3O4. The van der Waals surface area contributed by atoms with Gasteiger partial charge in [-0.25, -0.2) is 0 Å². The fourth-order valence-electron chi connectivity index (χ4n) is 3.21. The summed E-state index contributed by atoms with van der Waals surface area (Å²) < 4.78 is 6.03. The van der Waals surface area contributed by atoms with Crippen molar-refractivity contribution in [2.75, 3.05) is 31.6 Å². The van der Waals surface area contributed by atoms with E-state index in [0.717, 1.165) is 18.0 Å². The number of halogens is 1. The van der Waals surface area contributed by atoms with Crippen LogP contribution >= 0.6 is 11.6 Å². The number of hydrogen-bond donors (Lipinski definition) is 0. The Balaban J connectivity index is 1.78. The maximum absolute atomic E-state index is 12.8. The molecule has 27 heavy (non-hydrogen) atoms. The van der Waals surface area contributed by atoms with Crippen molar-refractivity contribution >= 4 is 28.9 Å². The summed E-state index contributed by atoms with van der Waals surface area (Å²) in [6, 6.07) is 11.7. The lowest BCUT2D eigenvalue weighted by molar-refractivity contribution is -0.385. The SMILES string of the molecule is CCN1C[C@@H](CN(C)C(=O)c2cc(Cl)ccc2[N+](=O)[O-])Oc2ccccc21. The van der Waals surface area contributed by atoms with E-state index in [-0.39, 0.29) is 22.4 Å². The molecule has 1 aliphatic rings. The predicted octanol–water partition coefficient (Wildman–Crippen LogP) is 3.61. The second kappa shape index (κ2) is 7.84. The topological polar surface area (TPSA) is 75.9 Å². The summed E-state index contributed by atoms with van der Waals surface area (Å²) in [5.41, 5.74) is 0.732. The van der Waals surface area contributed by atoms with Crippen molar-refractivity contribution in [3.05, 3.63) is 63.2 Å². The smallest absolute Gasteiger partial charge is 0.282 e.